The second-order valence-electron chi connectivity index (χ2n) is 7.65. The number of benzene rings is 3. The SMILES string of the molecule is COc1ccc(CNC(=O)[C@@H](C)Sc2nc3ccccc3c(=O)n2-c2ccc([N+](=O)[O-])cc2)cc1. The lowest BCUT2D eigenvalue weighted by Gasteiger charge is -2.16. The highest BCUT2D eigenvalue weighted by molar-refractivity contribution is 8.00. The number of fused-ring (bicyclic) bond motifs is 1. The minimum absolute atomic E-state index is 0.0870. The molecule has 0 spiro atoms. The molecule has 1 aromatic heterocycles. The van der Waals surface area contributed by atoms with Crippen LogP contribution in [-0.2, 0) is 11.3 Å². The van der Waals surface area contributed by atoms with Gasteiger partial charge in [0.2, 0.25) is 5.91 Å². The number of nitro benzene ring substituents is 1. The first kappa shape index (κ1) is 24.0. The van der Waals surface area contributed by atoms with E-state index in [2.05, 4.69) is 10.3 Å². The van der Waals surface area contributed by atoms with Gasteiger partial charge >= 0.3 is 0 Å². The van der Waals surface area contributed by atoms with Crippen LogP contribution in [0.5, 0.6) is 5.75 Å². The van der Waals surface area contributed by atoms with Crippen molar-refractivity contribution in [2.24, 2.45) is 0 Å². The first-order chi connectivity index (χ1) is 16.9. The van der Waals surface area contributed by atoms with Crippen molar-refractivity contribution in [1.29, 1.82) is 0 Å². The van der Waals surface area contributed by atoms with Gasteiger partial charge < -0.3 is 10.1 Å². The maximum atomic E-state index is 13.3. The van der Waals surface area contributed by atoms with Gasteiger partial charge in [-0.25, -0.2) is 4.98 Å². The standard InChI is InChI=1S/C25H22N4O5S/c1-16(23(30)26-15-17-7-13-20(34-2)14-8-17)35-25-27-22-6-4-3-5-21(22)24(31)28(25)18-9-11-19(12-10-18)29(32)33/h3-14,16H,15H2,1-2H3,(H,26,30)/t16-/m1/s1. The monoisotopic (exact) mass is 490 g/mol. The van der Waals surface area contributed by atoms with E-state index in [9.17, 15) is 19.7 Å². The molecule has 0 saturated heterocycles. The van der Waals surface area contributed by atoms with Gasteiger partial charge in [0.05, 0.1) is 33.9 Å². The van der Waals surface area contributed by atoms with E-state index in [1.807, 2.05) is 24.3 Å². The van der Waals surface area contributed by atoms with Crippen LogP contribution in [0, 0.1) is 10.1 Å². The number of nitrogens with zero attached hydrogens (tertiary/aromatic N) is 3. The average Bonchev–Trinajstić information content (AvgIpc) is 2.88. The zero-order valence-corrected chi connectivity index (χ0v) is 19.8. The molecule has 9 nitrogen and oxygen atoms in total. The molecule has 10 heteroatoms. The third-order valence-corrected chi connectivity index (χ3v) is 6.39. The Morgan fingerprint density at radius 3 is 2.46 bits per heavy atom. The second kappa shape index (κ2) is 10.4. The van der Waals surface area contributed by atoms with Crippen molar-refractivity contribution in [3.8, 4) is 11.4 Å². The zero-order valence-electron chi connectivity index (χ0n) is 19.0. The summed E-state index contributed by atoms with van der Waals surface area (Å²) in [5.74, 6) is 0.513. The molecule has 1 N–H and O–H groups in total. The van der Waals surface area contributed by atoms with Crippen LogP contribution in [-0.4, -0.2) is 32.7 Å². The van der Waals surface area contributed by atoms with E-state index in [4.69, 9.17) is 4.74 Å². The van der Waals surface area contributed by atoms with Gasteiger partial charge in [0.25, 0.3) is 11.2 Å². The number of methoxy groups -OCH3 is 1. The summed E-state index contributed by atoms with van der Waals surface area (Å²) in [6, 6.07) is 20.0. The minimum Gasteiger partial charge on any atom is -0.497 e. The van der Waals surface area contributed by atoms with Gasteiger partial charge in [0, 0.05) is 18.7 Å². The number of nitrogens with one attached hydrogen (secondary N) is 1. The summed E-state index contributed by atoms with van der Waals surface area (Å²) >= 11 is 1.14. The van der Waals surface area contributed by atoms with Crippen LogP contribution in [0.2, 0.25) is 0 Å². The van der Waals surface area contributed by atoms with Crippen LogP contribution in [0.3, 0.4) is 0 Å². The van der Waals surface area contributed by atoms with E-state index in [1.54, 1.807) is 38.3 Å². The summed E-state index contributed by atoms with van der Waals surface area (Å²) in [4.78, 5) is 41.3. The summed E-state index contributed by atoms with van der Waals surface area (Å²) in [5.41, 5.74) is 1.44. The quantitative estimate of drug-likeness (QED) is 0.171. The molecule has 1 atom stereocenters. The molecule has 1 heterocycles. The highest BCUT2D eigenvalue weighted by atomic mass is 32.2. The second-order valence-corrected chi connectivity index (χ2v) is 8.96. The molecule has 0 aliphatic carbocycles. The number of hydrogen-bond acceptors (Lipinski definition) is 7. The van der Waals surface area contributed by atoms with Crippen molar-refractivity contribution in [2.45, 2.75) is 23.9 Å². The van der Waals surface area contributed by atoms with Crippen LogP contribution in [0.1, 0.15) is 12.5 Å². The summed E-state index contributed by atoms with van der Waals surface area (Å²) in [6.07, 6.45) is 0. The van der Waals surface area contributed by atoms with Crippen molar-refractivity contribution in [2.75, 3.05) is 7.11 Å². The van der Waals surface area contributed by atoms with E-state index in [-0.39, 0.29) is 17.2 Å². The lowest BCUT2D eigenvalue weighted by molar-refractivity contribution is -0.384. The molecule has 0 unspecified atom stereocenters. The number of ether oxygens (including phenoxy) is 1. The Hall–Kier alpha value is -4.18. The first-order valence-electron chi connectivity index (χ1n) is 10.7. The van der Waals surface area contributed by atoms with Gasteiger partial charge in [0.15, 0.2) is 5.16 Å². The Morgan fingerprint density at radius 1 is 1.11 bits per heavy atom. The van der Waals surface area contributed by atoms with E-state index in [0.29, 0.717) is 28.3 Å². The average molecular weight is 491 g/mol. The van der Waals surface area contributed by atoms with Crippen molar-refractivity contribution < 1.29 is 14.5 Å². The number of carbonyl (C=O) groups is 1. The smallest absolute Gasteiger partial charge is 0.269 e. The number of carbonyl (C=O) groups excluding carboxylic acids is 1. The minimum atomic E-state index is -0.564. The van der Waals surface area contributed by atoms with Crippen molar-refractivity contribution in [1.82, 2.24) is 14.9 Å². The van der Waals surface area contributed by atoms with Crippen LogP contribution >= 0.6 is 11.8 Å². The predicted molar refractivity (Wildman–Crippen MR) is 134 cm³/mol. The molecule has 0 aliphatic heterocycles. The predicted octanol–water partition coefficient (Wildman–Crippen LogP) is 4.10. The Morgan fingerprint density at radius 2 is 1.80 bits per heavy atom. The summed E-state index contributed by atoms with van der Waals surface area (Å²) in [5, 5.41) is 14.1. The first-order valence-corrected chi connectivity index (χ1v) is 11.6. The topological polar surface area (TPSA) is 116 Å². The molecule has 0 fully saturated rings. The summed E-state index contributed by atoms with van der Waals surface area (Å²) in [7, 11) is 1.59. The highest BCUT2D eigenvalue weighted by Gasteiger charge is 2.20. The Balaban J connectivity index is 1.61. The van der Waals surface area contributed by atoms with E-state index in [1.165, 1.54) is 28.8 Å². The van der Waals surface area contributed by atoms with E-state index >= 15 is 0 Å². The molecule has 3 aromatic carbocycles. The number of nitro groups is 1. The van der Waals surface area contributed by atoms with Crippen LogP contribution in [0.15, 0.2) is 82.7 Å². The fraction of sp³-hybridized carbons (Fsp3) is 0.160. The molecule has 0 saturated carbocycles. The third kappa shape index (κ3) is 5.33. The van der Waals surface area contributed by atoms with Crippen LogP contribution in [0.4, 0.5) is 5.69 Å². The van der Waals surface area contributed by atoms with Gasteiger partial charge in [-0.3, -0.25) is 24.3 Å². The number of non-ortho nitro benzene ring substituents is 1. The fourth-order valence-corrected chi connectivity index (χ4v) is 4.38. The molecule has 0 aliphatic rings. The van der Waals surface area contributed by atoms with Crippen LogP contribution < -0.4 is 15.6 Å². The number of hydrogen-bond donors (Lipinski definition) is 1. The number of thioether (sulfide) groups is 1. The molecule has 4 rings (SSSR count). The molecule has 0 radical (unpaired) electrons. The lowest BCUT2D eigenvalue weighted by atomic mass is 10.2. The maximum Gasteiger partial charge on any atom is 0.269 e. The Labute approximate surface area is 204 Å². The molecular weight excluding hydrogens is 468 g/mol. The highest BCUT2D eigenvalue weighted by Crippen LogP contribution is 2.26. The zero-order chi connectivity index (χ0) is 24.9. The van der Waals surface area contributed by atoms with E-state index < -0.39 is 10.2 Å². The molecule has 4 aromatic rings. The van der Waals surface area contributed by atoms with Crippen molar-refractivity contribution >= 4 is 34.3 Å². The van der Waals surface area contributed by atoms with E-state index in [0.717, 1.165) is 23.1 Å². The molecule has 0 bridgehead atoms. The lowest BCUT2D eigenvalue weighted by Crippen LogP contribution is -2.31. The Kier molecular flexibility index (Phi) is 7.11. The van der Waals surface area contributed by atoms with Crippen molar-refractivity contribution in [3.05, 3.63) is 98.8 Å². The number of para-hydroxylation sites is 1. The fourth-order valence-electron chi connectivity index (χ4n) is 3.43. The largest absolute Gasteiger partial charge is 0.497 e. The Bertz CT molecular complexity index is 1440. The number of aromatic nitrogens is 2. The van der Waals surface area contributed by atoms with Crippen LogP contribution in [0.25, 0.3) is 16.6 Å². The third-order valence-electron chi connectivity index (χ3n) is 5.34. The number of rotatable bonds is 8. The van der Waals surface area contributed by atoms with Gasteiger partial charge in [-0.15, -0.1) is 0 Å². The molecular formula is C25H22N4O5S. The van der Waals surface area contributed by atoms with Gasteiger partial charge in [0.1, 0.15) is 5.75 Å². The van der Waals surface area contributed by atoms with Gasteiger partial charge in [-0.05, 0) is 48.9 Å². The summed E-state index contributed by atoms with van der Waals surface area (Å²) in [6.45, 7) is 2.07. The molecule has 178 valence electrons. The van der Waals surface area contributed by atoms with Crippen molar-refractivity contribution in [3.63, 3.8) is 0 Å². The van der Waals surface area contributed by atoms with Gasteiger partial charge in [-0.2, -0.15) is 0 Å². The molecule has 1 amide bonds. The molecule has 35 heavy (non-hydrogen) atoms. The number of amides is 1. The maximum absolute atomic E-state index is 13.3. The summed E-state index contributed by atoms with van der Waals surface area (Å²) < 4.78 is 6.53. The normalized spacial score (nSPS) is 11.7. The van der Waals surface area contributed by atoms with Gasteiger partial charge in [-0.1, -0.05) is 36.0 Å².